The quantitative estimate of drug-likeness (QED) is 0.802. The average molecular weight is 240 g/mol. The molecule has 0 radical (unpaired) electrons. The van der Waals surface area contributed by atoms with Crippen LogP contribution in [0.3, 0.4) is 0 Å². The number of carbonyl (C=O) groups excluding carboxylic acids is 1. The van der Waals surface area contributed by atoms with Crippen molar-refractivity contribution >= 4 is 5.91 Å². The molecule has 0 aromatic carbocycles. The van der Waals surface area contributed by atoms with Crippen LogP contribution in [0.25, 0.3) is 0 Å². The molecular weight excluding hydrogens is 212 g/mol. The minimum Gasteiger partial charge on any atom is -0.343 e. The van der Waals surface area contributed by atoms with Crippen molar-refractivity contribution in [1.29, 1.82) is 0 Å². The van der Waals surface area contributed by atoms with Crippen molar-refractivity contribution in [3.05, 3.63) is 0 Å². The number of unbranched alkanes of at least 4 members (excludes halogenated alkanes) is 1. The van der Waals surface area contributed by atoms with Crippen LogP contribution in [-0.2, 0) is 4.79 Å². The highest BCUT2D eigenvalue weighted by Gasteiger charge is 2.33. The van der Waals surface area contributed by atoms with Crippen LogP contribution in [0.5, 0.6) is 0 Å². The van der Waals surface area contributed by atoms with E-state index in [1.54, 1.807) is 0 Å². The molecule has 1 aliphatic rings. The molecule has 17 heavy (non-hydrogen) atoms. The van der Waals surface area contributed by atoms with Crippen LogP contribution in [0.4, 0.5) is 0 Å². The molecule has 3 atom stereocenters. The highest BCUT2D eigenvalue weighted by molar-refractivity contribution is 5.79. The molecule has 1 saturated carbocycles. The van der Waals surface area contributed by atoms with E-state index in [1.807, 2.05) is 4.90 Å². The highest BCUT2D eigenvalue weighted by Crippen LogP contribution is 2.29. The van der Waals surface area contributed by atoms with Gasteiger partial charge in [0.2, 0.25) is 5.91 Å². The van der Waals surface area contributed by atoms with E-state index in [1.165, 1.54) is 6.42 Å². The van der Waals surface area contributed by atoms with E-state index >= 15 is 0 Å². The molecule has 1 aliphatic carbocycles. The minimum absolute atomic E-state index is 0.0653. The molecule has 0 aromatic rings. The first kappa shape index (κ1) is 14.5. The van der Waals surface area contributed by atoms with Crippen molar-refractivity contribution in [2.75, 3.05) is 13.1 Å². The van der Waals surface area contributed by atoms with Gasteiger partial charge in [-0.1, -0.05) is 20.3 Å². The van der Waals surface area contributed by atoms with Crippen LogP contribution in [0.1, 0.15) is 52.9 Å². The van der Waals surface area contributed by atoms with Crippen molar-refractivity contribution in [2.24, 2.45) is 17.6 Å². The third-order valence-corrected chi connectivity index (χ3v) is 3.96. The van der Waals surface area contributed by atoms with Gasteiger partial charge in [0.05, 0.1) is 5.92 Å². The number of nitrogens with zero attached hydrogens (tertiary/aromatic N) is 1. The second-order valence-corrected chi connectivity index (χ2v) is 5.46. The van der Waals surface area contributed by atoms with Crippen molar-refractivity contribution in [3.63, 3.8) is 0 Å². The lowest BCUT2D eigenvalue weighted by Gasteiger charge is -2.35. The van der Waals surface area contributed by atoms with E-state index in [0.717, 1.165) is 38.8 Å². The topological polar surface area (TPSA) is 46.3 Å². The molecule has 0 aliphatic heterocycles. The molecule has 1 amide bonds. The molecule has 0 aromatic heterocycles. The molecule has 0 spiro atoms. The summed E-state index contributed by atoms with van der Waals surface area (Å²) >= 11 is 0. The third kappa shape index (κ3) is 3.98. The molecule has 0 bridgehead atoms. The van der Waals surface area contributed by atoms with Crippen LogP contribution in [0, 0.1) is 11.8 Å². The Bertz CT molecular complexity index is 242. The second-order valence-electron chi connectivity index (χ2n) is 5.46. The van der Waals surface area contributed by atoms with Gasteiger partial charge in [0.1, 0.15) is 0 Å². The summed E-state index contributed by atoms with van der Waals surface area (Å²) in [6.07, 6.45) is 5.38. The van der Waals surface area contributed by atoms with Crippen LogP contribution >= 0.6 is 0 Å². The van der Waals surface area contributed by atoms with Crippen molar-refractivity contribution in [3.8, 4) is 0 Å². The lowest BCUT2D eigenvalue weighted by Crippen LogP contribution is -2.47. The van der Waals surface area contributed by atoms with E-state index in [9.17, 15) is 4.79 Å². The number of hydrogen-bond donors (Lipinski definition) is 1. The molecule has 3 heteroatoms. The van der Waals surface area contributed by atoms with Crippen LogP contribution in [0.15, 0.2) is 0 Å². The third-order valence-electron chi connectivity index (χ3n) is 3.96. The normalized spacial score (nSPS) is 29.1. The zero-order chi connectivity index (χ0) is 12.8. The maximum absolute atomic E-state index is 12.4. The van der Waals surface area contributed by atoms with Crippen LogP contribution in [0.2, 0.25) is 0 Å². The molecule has 3 nitrogen and oxygen atoms in total. The fourth-order valence-corrected chi connectivity index (χ4v) is 2.70. The summed E-state index contributed by atoms with van der Waals surface area (Å²) in [7, 11) is 0. The number of nitrogens with two attached hydrogens (primary N) is 1. The number of rotatable bonds is 5. The Hall–Kier alpha value is -0.570. The van der Waals surface area contributed by atoms with Gasteiger partial charge in [-0.25, -0.2) is 0 Å². The molecule has 100 valence electrons. The largest absolute Gasteiger partial charge is 0.343 e. The maximum Gasteiger partial charge on any atom is 0.227 e. The summed E-state index contributed by atoms with van der Waals surface area (Å²) in [5.74, 6) is 1.00. The molecule has 0 saturated heterocycles. The predicted molar refractivity (Wildman–Crippen MR) is 71.6 cm³/mol. The zero-order valence-electron chi connectivity index (χ0n) is 11.6. The van der Waals surface area contributed by atoms with Gasteiger partial charge in [-0.05, 0) is 38.5 Å². The van der Waals surface area contributed by atoms with Gasteiger partial charge in [0.15, 0.2) is 0 Å². The van der Waals surface area contributed by atoms with E-state index in [0.29, 0.717) is 11.8 Å². The molecular formula is C14H28N2O. The van der Waals surface area contributed by atoms with Gasteiger partial charge in [0, 0.05) is 19.1 Å². The summed E-state index contributed by atoms with van der Waals surface area (Å²) in [6.45, 7) is 8.16. The molecule has 3 unspecified atom stereocenters. The Labute approximate surface area is 106 Å². The van der Waals surface area contributed by atoms with Gasteiger partial charge < -0.3 is 10.6 Å². The average Bonchev–Trinajstić information content (AvgIpc) is 2.33. The smallest absolute Gasteiger partial charge is 0.227 e. The molecule has 1 rings (SSSR count). The monoisotopic (exact) mass is 240 g/mol. The summed E-state index contributed by atoms with van der Waals surface area (Å²) in [6, 6.07) is 0.0781. The first-order valence-corrected chi connectivity index (χ1v) is 7.14. The minimum atomic E-state index is 0.0653. The predicted octanol–water partition coefficient (Wildman–Crippen LogP) is 2.40. The van der Waals surface area contributed by atoms with Crippen molar-refractivity contribution in [2.45, 2.75) is 58.9 Å². The fraction of sp³-hybridized carbons (Fsp3) is 0.929. The van der Waals surface area contributed by atoms with E-state index in [-0.39, 0.29) is 12.0 Å². The lowest BCUT2D eigenvalue weighted by atomic mass is 9.78. The van der Waals surface area contributed by atoms with E-state index in [4.69, 9.17) is 5.73 Å². The maximum atomic E-state index is 12.4. The number of carbonyl (C=O) groups is 1. The van der Waals surface area contributed by atoms with Crippen LogP contribution in [-0.4, -0.2) is 29.9 Å². The standard InChI is InChI=1S/C14H28N2O/c1-4-6-9-16(5-2)14(17)12-10-11(3)7-8-13(12)15/h11-13H,4-10,15H2,1-3H3. The summed E-state index contributed by atoms with van der Waals surface area (Å²) in [4.78, 5) is 14.4. The molecule has 2 N–H and O–H groups in total. The Morgan fingerprint density at radius 1 is 1.35 bits per heavy atom. The second kappa shape index (κ2) is 7.00. The van der Waals surface area contributed by atoms with Gasteiger partial charge in [-0.2, -0.15) is 0 Å². The Morgan fingerprint density at radius 3 is 2.65 bits per heavy atom. The summed E-state index contributed by atoms with van der Waals surface area (Å²) < 4.78 is 0. The summed E-state index contributed by atoms with van der Waals surface area (Å²) in [5.41, 5.74) is 6.12. The first-order valence-electron chi connectivity index (χ1n) is 7.14. The zero-order valence-corrected chi connectivity index (χ0v) is 11.6. The SMILES string of the molecule is CCCCN(CC)C(=O)C1CC(C)CCC1N. The van der Waals surface area contributed by atoms with Gasteiger partial charge >= 0.3 is 0 Å². The first-order chi connectivity index (χ1) is 8.10. The Balaban J connectivity index is 2.58. The molecule has 1 fully saturated rings. The Morgan fingerprint density at radius 2 is 2.06 bits per heavy atom. The van der Waals surface area contributed by atoms with Crippen LogP contribution < -0.4 is 5.73 Å². The number of hydrogen-bond acceptors (Lipinski definition) is 2. The fourth-order valence-electron chi connectivity index (χ4n) is 2.70. The Kier molecular flexibility index (Phi) is 5.96. The van der Waals surface area contributed by atoms with Crippen molar-refractivity contribution in [1.82, 2.24) is 4.90 Å². The highest BCUT2D eigenvalue weighted by atomic mass is 16.2. The summed E-state index contributed by atoms with van der Waals surface area (Å²) in [5, 5.41) is 0. The van der Waals surface area contributed by atoms with Crippen molar-refractivity contribution < 1.29 is 4.79 Å². The van der Waals surface area contributed by atoms with E-state index < -0.39 is 0 Å². The van der Waals surface area contributed by atoms with Gasteiger partial charge in [0.25, 0.3) is 0 Å². The number of amides is 1. The van der Waals surface area contributed by atoms with E-state index in [2.05, 4.69) is 20.8 Å². The lowest BCUT2D eigenvalue weighted by molar-refractivity contribution is -0.137. The van der Waals surface area contributed by atoms with Gasteiger partial charge in [-0.15, -0.1) is 0 Å². The van der Waals surface area contributed by atoms with Gasteiger partial charge in [-0.3, -0.25) is 4.79 Å². The molecule has 0 heterocycles.